The maximum absolute atomic E-state index is 4.81. The van der Waals surface area contributed by atoms with Gasteiger partial charge in [-0.1, -0.05) is 127 Å². The van der Waals surface area contributed by atoms with Crippen molar-refractivity contribution >= 4 is 42.9 Å². The molecule has 0 unspecified atom stereocenters. The molecule has 4 rings (SSSR count). The molecule has 1 aliphatic rings. The van der Waals surface area contributed by atoms with Gasteiger partial charge >= 0.3 is 35.0 Å². The Morgan fingerprint density at radius 1 is 0.517 bits per heavy atom. The van der Waals surface area contributed by atoms with Crippen LogP contribution >= 0.6 is 27.0 Å². The minimum atomic E-state index is -0.446. The van der Waals surface area contributed by atoms with Gasteiger partial charge in [-0.05, 0) is 23.8 Å². The Morgan fingerprint density at radius 2 is 0.828 bits per heavy atom. The quantitative estimate of drug-likeness (QED) is 0.266. The van der Waals surface area contributed by atoms with Crippen molar-refractivity contribution in [2.45, 2.75) is 0 Å². The molecule has 0 nitrogen and oxygen atoms in total. The van der Waals surface area contributed by atoms with Crippen molar-refractivity contribution in [2.24, 2.45) is 0 Å². The van der Waals surface area contributed by atoms with Crippen LogP contribution in [-0.2, 0) is 15.9 Å². The standard InChI is InChI=1S/C18H15P.C7H6.2ClH.Pd/c1-4-10-16(11-5-1)19(17-12-6-2-7-13-17)18-14-8-3-9-15-18;1-2-4-6-7-5-3-1;;;/h1-15H;1-6H;2*1H;/q;;;;+2/p-2. The average molecular weight is 530 g/mol. The Kier molecular flexibility index (Phi) is 12.7. The van der Waals surface area contributed by atoms with E-state index in [0.29, 0.717) is 0 Å². The summed E-state index contributed by atoms with van der Waals surface area (Å²) in [6.45, 7) is 0. The normalized spacial score (nSPS) is 11.8. The summed E-state index contributed by atoms with van der Waals surface area (Å²) in [6, 6.07) is 32.3. The van der Waals surface area contributed by atoms with Gasteiger partial charge in [0.25, 0.3) is 0 Å². The fourth-order valence-electron chi connectivity index (χ4n) is 2.58. The van der Waals surface area contributed by atoms with Gasteiger partial charge in [0.05, 0.1) is 0 Å². The summed E-state index contributed by atoms with van der Waals surface area (Å²) in [4.78, 5) is 0. The summed E-state index contributed by atoms with van der Waals surface area (Å²) < 4.78 is 0. The molecular formula is C25H21Cl2PPd. The Labute approximate surface area is 191 Å². The number of allylic oxidation sites excluding steroid dienone is 6. The first-order chi connectivity index (χ1) is 14.4. The van der Waals surface area contributed by atoms with Crippen molar-refractivity contribution in [3.63, 3.8) is 0 Å². The molecule has 0 aromatic heterocycles. The molecule has 0 N–H and O–H groups in total. The third-order valence-electron chi connectivity index (χ3n) is 3.76. The molecular weight excluding hydrogens is 509 g/mol. The summed E-state index contributed by atoms with van der Waals surface area (Å²) in [6.07, 6.45) is 14.5. The van der Waals surface area contributed by atoms with Crippen molar-refractivity contribution in [1.82, 2.24) is 0 Å². The SMILES string of the molecule is [C]1C=CC=CC=C1.[Cl][Pd][Cl].c1ccc(P(c2ccccc2)c2ccccc2)cc1. The first-order valence-corrected chi connectivity index (χ1v) is 14.2. The van der Waals surface area contributed by atoms with E-state index in [9.17, 15) is 0 Å². The third-order valence-corrected chi connectivity index (χ3v) is 6.21. The van der Waals surface area contributed by atoms with E-state index in [-0.39, 0.29) is 15.9 Å². The molecule has 0 heterocycles. The van der Waals surface area contributed by atoms with Gasteiger partial charge in [0.2, 0.25) is 0 Å². The van der Waals surface area contributed by atoms with Crippen molar-refractivity contribution in [3.05, 3.63) is 134 Å². The average Bonchev–Trinajstić information content (AvgIpc) is 3.11. The maximum atomic E-state index is 4.81. The number of benzene rings is 3. The van der Waals surface area contributed by atoms with Gasteiger partial charge < -0.3 is 0 Å². The minimum Gasteiger partial charge on any atom is -0.0622 e. The smallest absolute Gasteiger partial charge is 0.0134 e. The van der Waals surface area contributed by atoms with E-state index >= 15 is 0 Å². The molecule has 0 spiro atoms. The molecule has 0 fully saturated rings. The van der Waals surface area contributed by atoms with Crippen molar-refractivity contribution in [3.8, 4) is 0 Å². The predicted octanol–water partition coefficient (Wildman–Crippen LogP) is 6.57. The van der Waals surface area contributed by atoms with Gasteiger partial charge in [0.15, 0.2) is 0 Å². The summed E-state index contributed by atoms with van der Waals surface area (Å²) in [7, 11) is 9.18. The zero-order valence-corrected chi connectivity index (χ0v) is 19.6. The zero-order chi connectivity index (χ0) is 20.6. The van der Waals surface area contributed by atoms with Crippen molar-refractivity contribution in [2.75, 3.05) is 0 Å². The van der Waals surface area contributed by atoms with Gasteiger partial charge in [-0.3, -0.25) is 0 Å². The van der Waals surface area contributed by atoms with Crippen molar-refractivity contribution < 1.29 is 15.9 Å². The molecule has 3 aromatic rings. The third kappa shape index (κ3) is 9.27. The van der Waals surface area contributed by atoms with Gasteiger partial charge in [-0.25, -0.2) is 0 Å². The van der Waals surface area contributed by atoms with Crippen LogP contribution in [0.3, 0.4) is 0 Å². The molecule has 150 valence electrons. The van der Waals surface area contributed by atoms with Gasteiger partial charge in [-0.2, -0.15) is 0 Å². The van der Waals surface area contributed by atoms with Gasteiger partial charge in [-0.15, -0.1) is 0 Å². The summed E-state index contributed by atoms with van der Waals surface area (Å²) in [5.74, 6) is 0. The fraction of sp³-hybridized carbons (Fsp3) is 0. The second-order valence-electron chi connectivity index (χ2n) is 5.66. The van der Waals surface area contributed by atoms with E-state index in [1.165, 1.54) is 15.9 Å². The van der Waals surface area contributed by atoms with Gasteiger partial charge in [0, 0.05) is 6.42 Å². The molecule has 4 heteroatoms. The molecule has 29 heavy (non-hydrogen) atoms. The van der Waals surface area contributed by atoms with Gasteiger partial charge in [0.1, 0.15) is 0 Å². The van der Waals surface area contributed by atoms with E-state index in [4.69, 9.17) is 19.1 Å². The maximum Gasteiger partial charge on any atom is -0.0134 e. The summed E-state index contributed by atoms with van der Waals surface area (Å²) in [5.41, 5.74) is 0. The first-order valence-electron chi connectivity index (χ1n) is 8.89. The molecule has 0 bridgehead atoms. The zero-order valence-electron chi connectivity index (χ0n) is 15.6. The molecule has 0 atom stereocenters. The minimum absolute atomic E-state index is 0.106. The van der Waals surface area contributed by atoms with Crippen LogP contribution in [0, 0.1) is 6.42 Å². The number of hydrogen-bond acceptors (Lipinski definition) is 0. The second kappa shape index (κ2) is 15.4. The molecule has 0 saturated carbocycles. The summed E-state index contributed by atoms with van der Waals surface area (Å²) in [5, 5.41) is 4.19. The predicted molar refractivity (Wildman–Crippen MR) is 128 cm³/mol. The molecule has 0 aliphatic heterocycles. The van der Waals surface area contributed by atoms with Crippen LogP contribution in [0.1, 0.15) is 0 Å². The number of halogens is 2. The topological polar surface area (TPSA) is 0 Å². The molecule has 3 aromatic carbocycles. The number of rotatable bonds is 3. The van der Waals surface area contributed by atoms with E-state index in [2.05, 4.69) is 97.4 Å². The Hall–Kier alpha value is -1.45. The fourth-order valence-corrected chi connectivity index (χ4v) is 4.89. The van der Waals surface area contributed by atoms with E-state index in [1.54, 1.807) is 0 Å². The van der Waals surface area contributed by atoms with E-state index < -0.39 is 7.92 Å². The Balaban J connectivity index is 0.000000250. The monoisotopic (exact) mass is 528 g/mol. The Bertz CT molecular complexity index is 771. The molecule has 0 saturated heterocycles. The first kappa shape index (κ1) is 23.8. The van der Waals surface area contributed by atoms with E-state index in [0.717, 1.165) is 0 Å². The number of hydrogen-bond donors (Lipinski definition) is 0. The molecule has 2 radical (unpaired) electrons. The van der Waals surface area contributed by atoms with Crippen LogP contribution < -0.4 is 15.9 Å². The molecule has 0 amide bonds. The van der Waals surface area contributed by atoms with Crippen LogP contribution in [0.15, 0.2) is 127 Å². The van der Waals surface area contributed by atoms with Crippen LogP contribution in [0.25, 0.3) is 0 Å². The second-order valence-corrected chi connectivity index (χ2v) is 10.2. The van der Waals surface area contributed by atoms with Crippen LogP contribution in [0.5, 0.6) is 0 Å². The van der Waals surface area contributed by atoms with Crippen LogP contribution in [-0.4, -0.2) is 0 Å². The summed E-state index contributed by atoms with van der Waals surface area (Å²) >= 11 is -0.106. The van der Waals surface area contributed by atoms with E-state index in [1.807, 2.05) is 36.5 Å². The van der Waals surface area contributed by atoms with Crippen molar-refractivity contribution in [1.29, 1.82) is 0 Å². The largest absolute Gasteiger partial charge is 0.0622 e. The van der Waals surface area contributed by atoms with Crippen LogP contribution in [0.4, 0.5) is 0 Å². The van der Waals surface area contributed by atoms with Crippen LogP contribution in [0.2, 0.25) is 0 Å². The molecule has 1 aliphatic carbocycles. The Morgan fingerprint density at radius 3 is 1.14 bits per heavy atom.